The van der Waals surface area contributed by atoms with Crippen LogP contribution in [0.4, 0.5) is 0 Å². The molecule has 0 spiro atoms. The summed E-state index contributed by atoms with van der Waals surface area (Å²) in [5.41, 5.74) is 0. The van der Waals surface area contributed by atoms with Crippen molar-refractivity contribution in [2.45, 2.75) is 37.7 Å². The third-order valence-corrected chi connectivity index (χ3v) is 4.59. The van der Waals surface area contributed by atoms with Crippen molar-refractivity contribution in [1.82, 2.24) is 4.90 Å². The lowest BCUT2D eigenvalue weighted by molar-refractivity contribution is 0.234. The number of hydrogen-bond acceptors (Lipinski definition) is 3. The molecule has 1 aliphatic heterocycles. The van der Waals surface area contributed by atoms with E-state index in [0.29, 0.717) is 0 Å². The average molecular weight is 233 g/mol. The Labute approximate surface area is 98.4 Å². The molecule has 0 aromatic carbocycles. The van der Waals surface area contributed by atoms with Crippen molar-refractivity contribution >= 4 is 24.4 Å². The van der Waals surface area contributed by atoms with Crippen LogP contribution in [0.3, 0.4) is 0 Å². The molecule has 0 saturated carbocycles. The fraction of sp³-hybridized carbons (Fsp3) is 1.00. The van der Waals surface area contributed by atoms with Crippen LogP contribution in [0, 0.1) is 5.92 Å². The molecule has 1 fully saturated rings. The van der Waals surface area contributed by atoms with Crippen LogP contribution in [0.1, 0.15) is 27.2 Å². The highest BCUT2D eigenvalue weighted by Crippen LogP contribution is 2.25. The van der Waals surface area contributed by atoms with E-state index in [2.05, 4.69) is 50.1 Å². The van der Waals surface area contributed by atoms with Gasteiger partial charge < -0.3 is 4.90 Å². The Hall–Kier alpha value is 0.660. The Balaban J connectivity index is 2.35. The molecule has 0 aromatic heterocycles. The average Bonchev–Trinajstić information content (AvgIpc) is 2.12. The maximum Gasteiger partial charge on any atom is 0.0149 e. The minimum absolute atomic E-state index is 0.779. The summed E-state index contributed by atoms with van der Waals surface area (Å²) in [4.78, 5) is 2.62. The quantitative estimate of drug-likeness (QED) is 0.744. The maximum absolute atomic E-state index is 4.41. The fourth-order valence-electron chi connectivity index (χ4n) is 2.11. The Morgan fingerprint density at radius 1 is 1.36 bits per heavy atom. The minimum Gasteiger partial charge on any atom is -0.301 e. The van der Waals surface area contributed by atoms with E-state index >= 15 is 0 Å². The van der Waals surface area contributed by atoms with E-state index < -0.39 is 0 Å². The third-order valence-electron chi connectivity index (χ3n) is 2.85. The van der Waals surface area contributed by atoms with E-state index in [1.165, 1.54) is 26.1 Å². The standard InChI is InChI=1S/C11H23NS2/c1-4-11(8-13)7-12-5-9(2)14-10(3)6-12/h9-11,13H,4-8H2,1-3H3. The second-order valence-corrected chi connectivity index (χ2v) is 6.68. The number of thioether (sulfide) groups is 1. The zero-order valence-corrected chi connectivity index (χ0v) is 11.3. The van der Waals surface area contributed by atoms with Crippen LogP contribution >= 0.6 is 24.4 Å². The Kier molecular flexibility index (Phi) is 5.72. The van der Waals surface area contributed by atoms with Gasteiger partial charge in [0.2, 0.25) is 0 Å². The van der Waals surface area contributed by atoms with Crippen molar-refractivity contribution < 1.29 is 0 Å². The van der Waals surface area contributed by atoms with Gasteiger partial charge >= 0.3 is 0 Å². The zero-order valence-electron chi connectivity index (χ0n) is 9.57. The van der Waals surface area contributed by atoms with Crippen molar-refractivity contribution in [3.63, 3.8) is 0 Å². The molecule has 3 heteroatoms. The van der Waals surface area contributed by atoms with Crippen molar-refractivity contribution in [3.05, 3.63) is 0 Å². The van der Waals surface area contributed by atoms with Gasteiger partial charge in [-0.3, -0.25) is 0 Å². The molecule has 84 valence electrons. The van der Waals surface area contributed by atoms with E-state index in [0.717, 1.165) is 22.2 Å². The molecule has 3 unspecified atom stereocenters. The van der Waals surface area contributed by atoms with Gasteiger partial charge in [-0.25, -0.2) is 0 Å². The number of rotatable bonds is 4. The molecule has 1 aliphatic rings. The highest BCUT2D eigenvalue weighted by atomic mass is 32.2. The second-order valence-electron chi connectivity index (χ2n) is 4.43. The maximum atomic E-state index is 4.41. The summed E-state index contributed by atoms with van der Waals surface area (Å²) < 4.78 is 0. The van der Waals surface area contributed by atoms with Gasteiger partial charge in [0.1, 0.15) is 0 Å². The summed E-state index contributed by atoms with van der Waals surface area (Å²) in [6.07, 6.45) is 1.26. The fourth-order valence-corrected chi connectivity index (χ4v) is 3.88. The summed E-state index contributed by atoms with van der Waals surface area (Å²) in [6, 6.07) is 0. The van der Waals surface area contributed by atoms with Gasteiger partial charge in [-0.05, 0) is 11.7 Å². The zero-order chi connectivity index (χ0) is 10.6. The van der Waals surface area contributed by atoms with Crippen LogP contribution in [-0.2, 0) is 0 Å². The van der Waals surface area contributed by atoms with Crippen LogP contribution in [0.2, 0.25) is 0 Å². The first-order chi connectivity index (χ1) is 6.65. The third kappa shape index (κ3) is 4.03. The molecule has 0 amide bonds. The predicted molar refractivity (Wildman–Crippen MR) is 70.6 cm³/mol. The molecule has 0 bridgehead atoms. The Morgan fingerprint density at radius 3 is 2.36 bits per heavy atom. The molecule has 0 radical (unpaired) electrons. The first-order valence-corrected chi connectivity index (χ1v) is 7.21. The number of hydrogen-bond donors (Lipinski definition) is 1. The highest BCUT2D eigenvalue weighted by Gasteiger charge is 2.23. The van der Waals surface area contributed by atoms with Crippen molar-refractivity contribution in [1.29, 1.82) is 0 Å². The lowest BCUT2D eigenvalue weighted by Gasteiger charge is -2.36. The highest BCUT2D eigenvalue weighted by molar-refractivity contribution is 8.00. The molecular weight excluding hydrogens is 210 g/mol. The van der Waals surface area contributed by atoms with Crippen LogP contribution in [0.15, 0.2) is 0 Å². The van der Waals surface area contributed by atoms with Crippen molar-refractivity contribution in [2.75, 3.05) is 25.4 Å². The molecule has 0 aliphatic carbocycles. The van der Waals surface area contributed by atoms with Gasteiger partial charge in [-0.2, -0.15) is 24.4 Å². The van der Waals surface area contributed by atoms with Crippen LogP contribution in [0.25, 0.3) is 0 Å². The largest absolute Gasteiger partial charge is 0.301 e. The van der Waals surface area contributed by atoms with Gasteiger partial charge in [0.15, 0.2) is 0 Å². The molecular formula is C11H23NS2. The number of thiol groups is 1. The lowest BCUT2D eigenvalue weighted by atomic mass is 10.1. The van der Waals surface area contributed by atoms with E-state index in [1.54, 1.807) is 0 Å². The predicted octanol–water partition coefficient (Wildman–Crippen LogP) is 2.77. The first-order valence-electron chi connectivity index (χ1n) is 5.64. The van der Waals surface area contributed by atoms with Gasteiger partial charge in [0.05, 0.1) is 0 Å². The summed E-state index contributed by atoms with van der Waals surface area (Å²) in [7, 11) is 0. The van der Waals surface area contributed by atoms with E-state index in [4.69, 9.17) is 0 Å². The molecule has 14 heavy (non-hydrogen) atoms. The van der Waals surface area contributed by atoms with Crippen molar-refractivity contribution in [2.24, 2.45) is 5.92 Å². The lowest BCUT2D eigenvalue weighted by Crippen LogP contribution is -2.42. The number of nitrogens with zero attached hydrogens (tertiary/aromatic N) is 1. The van der Waals surface area contributed by atoms with Gasteiger partial charge in [-0.15, -0.1) is 0 Å². The second kappa shape index (κ2) is 6.29. The topological polar surface area (TPSA) is 3.24 Å². The molecule has 0 N–H and O–H groups in total. The van der Waals surface area contributed by atoms with Gasteiger partial charge in [-0.1, -0.05) is 27.2 Å². The SMILES string of the molecule is CCC(CS)CN1CC(C)SC(C)C1. The minimum atomic E-state index is 0.779. The summed E-state index contributed by atoms with van der Waals surface area (Å²) in [5.74, 6) is 1.81. The van der Waals surface area contributed by atoms with Gasteiger partial charge in [0.25, 0.3) is 0 Å². The van der Waals surface area contributed by atoms with Crippen LogP contribution < -0.4 is 0 Å². The van der Waals surface area contributed by atoms with E-state index in [1.807, 2.05) is 0 Å². The smallest absolute Gasteiger partial charge is 0.0149 e. The molecule has 1 heterocycles. The summed E-state index contributed by atoms with van der Waals surface area (Å²) in [6.45, 7) is 10.7. The summed E-state index contributed by atoms with van der Waals surface area (Å²) >= 11 is 6.53. The van der Waals surface area contributed by atoms with E-state index in [-0.39, 0.29) is 0 Å². The van der Waals surface area contributed by atoms with Gasteiger partial charge in [0, 0.05) is 30.1 Å². The van der Waals surface area contributed by atoms with Crippen LogP contribution in [-0.4, -0.2) is 40.8 Å². The molecule has 0 aromatic rings. The molecule has 1 nitrogen and oxygen atoms in total. The molecule has 3 atom stereocenters. The Morgan fingerprint density at radius 2 is 1.93 bits per heavy atom. The molecule has 1 saturated heterocycles. The molecule has 1 rings (SSSR count). The monoisotopic (exact) mass is 233 g/mol. The first kappa shape index (κ1) is 12.7. The van der Waals surface area contributed by atoms with Crippen LogP contribution in [0.5, 0.6) is 0 Å². The normalized spacial score (nSPS) is 31.7. The van der Waals surface area contributed by atoms with E-state index in [9.17, 15) is 0 Å². The van der Waals surface area contributed by atoms with Crippen molar-refractivity contribution in [3.8, 4) is 0 Å². The Bertz CT molecular complexity index is 149. The summed E-state index contributed by atoms with van der Waals surface area (Å²) in [5, 5.41) is 1.60.